The molecule has 0 unspecified atom stereocenters. The highest BCUT2D eigenvalue weighted by Gasteiger charge is 2.24. The zero-order valence-corrected chi connectivity index (χ0v) is 16.5. The van der Waals surface area contributed by atoms with Gasteiger partial charge in [-0.1, -0.05) is 0 Å². The van der Waals surface area contributed by atoms with Crippen molar-refractivity contribution in [3.63, 3.8) is 0 Å². The molecule has 0 aliphatic carbocycles. The summed E-state index contributed by atoms with van der Waals surface area (Å²) >= 11 is 0. The van der Waals surface area contributed by atoms with Gasteiger partial charge in [0.05, 0.1) is 13.3 Å². The van der Waals surface area contributed by atoms with Crippen LogP contribution in [0.25, 0.3) is 0 Å². The van der Waals surface area contributed by atoms with Gasteiger partial charge < -0.3 is 24.7 Å². The van der Waals surface area contributed by atoms with Crippen LogP contribution in [0.1, 0.15) is 6.92 Å². The van der Waals surface area contributed by atoms with Crippen molar-refractivity contribution in [1.29, 1.82) is 0 Å². The van der Waals surface area contributed by atoms with Gasteiger partial charge in [-0.05, 0) is 28.1 Å². The molecule has 0 spiro atoms. The van der Waals surface area contributed by atoms with Crippen LogP contribution in [0.4, 0.5) is 0 Å². The SMILES string of the molecule is C/C=C/OOOCCON1CN(/C=C\OOOCCOO)CN(OOOO/C=C\O)C1. The minimum absolute atomic E-state index is 0.0479. The zero-order chi connectivity index (χ0) is 22.4. The highest BCUT2D eigenvalue weighted by atomic mass is 17.7. The molecule has 180 valence electrons. The predicted molar refractivity (Wildman–Crippen MR) is 91.0 cm³/mol. The van der Waals surface area contributed by atoms with E-state index in [2.05, 4.69) is 44.6 Å². The lowest BCUT2D eigenvalue weighted by molar-refractivity contribution is -0.669. The standard InChI is InChI=1S/C14H25N3O14/c1-2-5-22-28-25-10-8-20-16-12-15(3-6-23-29-26-11-9-21-19)13-17(14-16)27-31-30-24-7-4-18/h2-7,18-19H,8-14H2,1H3/b5-2+,6-3-,7-4-. The van der Waals surface area contributed by atoms with Gasteiger partial charge in [0.25, 0.3) is 0 Å². The number of aliphatic hydroxyl groups is 1. The summed E-state index contributed by atoms with van der Waals surface area (Å²) in [4.78, 5) is 38.6. The summed E-state index contributed by atoms with van der Waals surface area (Å²) in [5.41, 5.74) is 0. The minimum atomic E-state index is -0.0894. The molecule has 1 saturated heterocycles. The lowest BCUT2D eigenvalue weighted by atomic mass is 10.6. The summed E-state index contributed by atoms with van der Waals surface area (Å²) in [7, 11) is 0. The second-order valence-corrected chi connectivity index (χ2v) is 4.96. The van der Waals surface area contributed by atoms with E-state index in [-0.39, 0.29) is 46.4 Å². The second-order valence-electron chi connectivity index (χ2n) is 4.96. The first-order valence-electron chi connectivity index (χ1n) is 8.57. The Balaban J connectivity index is 2.36. The average Bonchev–Trinajstić information content (AvgIpc) is 2.78. The molecule has 1 fully saturated rings. The third-order valence-electron chi connectivity index (χ3n) is 2.71. The summed E-state index contributed by atoms with van der Waals surface area (Å²) in [6, 6.07) is 0. The quantitative estimate of drug-likeness (QED) is 0.120. The maximum atomic E-state index is 8.40. The van der Waals surface area contributed by atoms with Gasteiger partial charge >= 0.3 is 0 Å². The fourth-order valence-corrected chi connectivity index (χ4v) is 1.66. The summed E-state index contributed by atoms with van der Waals surface area (Å²) in [5.74, 6) is 0. The van der Waals surface area contributed by atoms with Gasteiger partial charge in [-0.3, -0.25) is 10.1 Å². The molecular weight excluding hydrogens is 434 g/mol. The van der Waals surface area contributed by atoms with E-state index in [0.717, 1.165) is 6.26 Å². The molecule has 0 bridgehead atoms. The van der Waals surface area contributed by atoms with Crippen molar-refractivity contribution in [1.82, 2.24) is 15.0 Å². The van der Waals surface area contributed by atoms with Gasteiger partial charge in [0, 0.05) is 11.2 Å². The number of rotatable bonds is 19. The summed E-state index contributed by atoms with van der Waals surface area (Å²) in [6.07, 6.45) is 6.95. The fourth-order valence-electron chi connectivity index (χ4n) is 1.66. The van der Waals surface area contributed by atoms with Gasteiger partial charge in [0.15, 0.2) is 6.26 Å². The Morgan fingerprint density at radius 1 is 0.774 bits per heavy atom. The van der Waals surface area contributed by atoms with Crippen LogP contribution in [0.3, 0.4) is 0 Å². The zero-order valence-electron chi connectivity index (χ0n) is 16.5. The molecule has 0 amide bonds. The van der Waals surface area contributed by atoms with E-state index in [1.807, 2.05) is 0 Å². The maximum Gasteiger partial charge on any atom is 0.167 e. The first-order valence-corrected chi connectivity index (χ1v) is 8.57. The minimum Gasteiger partial charge on any atom is -0.512 e. The normalized spacial score (nSPS) is 16.1. The molecule has 0 aromatic heterocycles. The van der Waals surface area contributed by atoms with Crippen molar-refractivity contribution in [2.24, 2.45) is 0 Å². The van der Waals surface area contributed by atoms with E-state index >= 15 is 0 Å². The van der Waals surface area contributed by atoms with E-state index in [0.29, 0.717) is 6.26 Å². The fraction of sp³-hybridized carbons (Fsp3) is 0.571. The van der Waals surface area contributed by atoms with Crippen LogP contribution in [0.15, 0.2) is 37.3 Å². The van der Waals surface area contributed by atoms with Crippen molar-refractivity contribution in [3.05, 3.63) is 37.3 Å². The summed E-state index contributed by atoms with van der Waals surface area (Å²) in [6.45, 7) is 2.37. The van der Waals surface area contributed by atoms with Crippen molar-refractivity contribution in [2.45, 2.75) is 6.92 Å². The molecule has 0 atom stereocenters. The Bertz CT molecular complexity index is 497. The number of hydrogen-bond acceptors (Lipinski definition) is 17. The smallest absolute Gasteiger partial charge is 0.167 e. The third-order valence-corrected chi connectivity index (χ3v) is 2.71. The molecule has 2 N–H and O–H groups in total. The van der Waals surface area contributed by atoms with Crippen molar-refractivity contribution in [3.8, 4) is 0 Å². The maximum absolute atomic E-state index is 8.40. The summed E-state index contributed by atoms with van der Waals surface area (Å²) in [5, 5.41) is 36.6. The molecule has 1 aliphatic rings. The topological polar surface area (TPSA) is 161 Å². The first-order chi connectivity index (χ1) is 15.3. The van der Waals surface area contributed by atoms with Gasteiger partial charge in [-0.15, -0.1) is 10.1 Å². The van der Waals surface area contributed by atoms with Crippen LogP contribution in [0, 0.1) is 0 Å². The molecule has 0 radical (unpaired) electrons. The Labute approximate surface area is 176 Å². The first kappa shape index (κ1) is 26.8. The van der Waals surface area contributed by atoms with E-state index < -0.39 is 0 Å². The monoisotopic (exact) mass is 459 g/mol. The predicted octanol–water partition coefficient (Wildman–Crippen LogP) is 0.720. The van der Waals surface area contributed by atoms with Crippen LogP contribution in [-0.4, -0.2) is 71.8 Å². The Hall–Kier alpha value is -2.26. The lowest BCUT2D eigenvalue weighted by Gasteiger charge is -2.38. The largest absolute Gasteiger partial charge is 0.512 e. The van der Waals surface area contributed by atoms with Crippen molar-refractivity contribution in [2.75, 3.05) is 46.4 Å². The van der Waals surface area contributed by atoms with E-state index in [1.165, 1.54) is 28.9 Å². The Kier molecular flexibility index (Phi) is 17.0. The molecule has 1 aliphatic heterocycles. The number of nitrogens with zero attached hydrogens (tertiary/aromatic N) is 3. The van der Waals surface area contributed by atoms with Gasteiger partial charge in [0.1, 0.15) is 51.9 Å². The molecule has 31 heavy (non-hydrogen) atoms. The summed E-state index contributed by atoms with van der Waals surface area (Å²) < 4.78 is 0. The highest BCUT2D eigenvalue weighted by Crippen LogP contribution is 2.10. The second kappa shape index (κ2) is 19.7. The number of hydroxylamine groups is 4. The molecule has 0 aromatic rings. The van der Waals surface area contributed by atoms with Crippen LogP contribution < -0.4 is 0 Å². The third kappa shape index (κ3) is 15.2. The molecule has 1 heterocycles. The van der Waals surface area contributed by atoms with Crippen LogP contribution >= 0.6 is 0 Å². The van der Waals surface area contributed by atoms with Gasteiger partial charge in [-0.2, -0.15) is 14.8 Å². The average molecular weight is 459 g/mol. The van der Waals surface area contributed by atoms with Crippen LogP contribution in [0.2, 0.25) is 0 Å². The van der Waals surface area contributed by atoms with Crippen LogP contribution in [-0.2, 0) is 59.3 Å². The van der Waals surface area contributed by atoms with E-state index in [9.17, 15) is 0 Å². The van der Waals surface area contributed by atoms with Crippen LogP contribution in [0.5, 0.6) is 0 Å². The Morgan fingerprint density at radius 2 is 1.48 bits per heavy atom. The van der Waals surface area contributed by atoms with E-state index in [4.69, 9.17) is 25.1 Å². The molecule has 17 nitrogen and oxygen atoms in total. The highest BCUT2D eigenvalue weighted by molar-refractivity contribution is 4.75. The van der Waals surface area contributed by atoms with Crippen molar-refractivity contribution >= 4 is 0 Å². The van der Waals surface area contributed by atoms with E-state index in [1.54, 1.807) is 17.9 Å². The lowest BCUT2D eigenvalue weighted by Crippen LogP contribution is -2.52. The molecule has 0 saturated carbocycles. The molecule has 0 aromatic carbocycles. The van der Waals surface area contributed by atoms with Gasteiger partial charge in [-0.25, -0.2) is 4.89 Å². The number of hydrogen-bond donors (Lipinski definition) is 2. The van der Waals surface area contributed by atoms with Crippen molar-refractivity contribution < 1.29 is 69.7 Å². The number of aliphatic hydroxyl groups excluding tert-OH is 1. The van der Waals surface area contributed by atoms with Gasteiger partial charge in [0.2, 0.25) is 0 Å². The molecular formula is C14H25N3O14. The molecule has 1 rings (SSSR count). The molecule has 17 heteroatoms. The Morgan fingerprint density at radius 3 is 2.23 bits per heavy atom. The number of allylic oxidation sites excluding steroid dienone is 1.